The first-order valence-electron chi connectivity index (χ1n) is 8.99. The first-order valence-corrected chi connectivity index (χ1v) is 8.99. The van der Waals surface area contributed by atoms with E-state index in [1.165, 1.54) is 6.92 Å². The van der Waals surface area contributed by atoms with Gasteiger partial charge in [-0.15, -0.1) is 0 Å². The molecule has 2 aromatic carbocycles. The van der Waals surface area contributed by atoms with E-state index in [2.05, 4.69) is 5.32 Å². The summed E-state index contributed by atoms with van der Waals surface area (Å²) in [5.74, 6) is 1.05. The molecule has 3 rings (SSSR count). The van der Waals surface area contributed by atoms with Gasteiger partial charge in [-0.2, -0.15) is 0 Å². The van der Waals surface area contributed by atoms with Crippen LogP contribution in [0.25, 0.3) is 0 Å². The van der Waals surface area contributed by atoms with Gasteiger partial charge in [-0.25, -0.2) is 0 Å². The number of carbonyl (C=O) groups excluding carboxylic acids is 2. The number of hydrogen-bond acceptors (Lipinski definition) is 4. The van der Waals surface area contributed by atoms with Crippen LogP contribution in [0.2, 0.25) is 0 Å². The number of benzene rings is 2. The largest absolute Gasteiger partial charge is 0.486 e. The van der Waals surface area contributed by atoms with Gasteiger partial charge in [0.25, 0.3) is 0 Å². The maximum atomic E-state index is 12.4. The lowest BCUT2D eigenvalue weighted by Gasteiger charge is -2.24. The highest BCUT2D eigenvalue weighted by atomic mass is 16.6. The van der Waals surface area contributed by atoms with Crippen molar-refractivity contribution in [3.63, 3.8) is 0 Å². The third-order valence-corrected chi connectivity index (χ3v) is 4.64. The molecule has 0 bridgehead atoms. The Morgan fingerprint density at radius 3 is 2.56 bits per heavy atom. The van der Waals surface area contributed by atoms with Crippen molar-refractivity contribution in [1.82, 2.24) is 0 Å². The van der Waals surface area contributed by atoms with E-state index < -0.39 is 0 Å². The number of aryl methyl sites for hydroxylation is 1. The van der Waals surface area contributed by atoms with E-state index in [1.807, 2.05) is 32.0 Å². The van der Waals surface area contributed by atoms with Crippen molar-refractivity contribution in [1.29, 1.82) is 0 Å². The van der Waals surface area contributed by atoms with Gasteiger partial charge in [0.2, 0.25) is 11.8 Å². The monoisotopic (exact) mass is 368 g/mol. The first-order chi connectivity index (χ1) is 13.0. The first kappa shape index (κ1) is 18.8. The maximum Gasteiger partial charge on any atom is 0.226 e. The van der Waals surface area contributed by atoms with Crippen LogP contribution < -0.4 is 19.7 Å². The average molecular weight is 368 g/mol. The third-order valence-electron chi connectivity index (χ3n) is 4.64. The van der Waals surface area contributed by atoms with E-state index >= 15 is 0 Å². The van der Waals surface area contributed by atoms with Gasteiger partial charge in [-0.1, -0.05) is 12.1 Å². The summed E-state index contributed by atoms with van der Waals surface area (Å²) in [6.07, 6.45) is 0.196. The highest BCUT2D eigenvalue weighted by molar-refractivity contribution is 5.95. The third kappa shape index (κ3) is 4.39. The van der Waals surface area contributed by atoms with E-state index in [9.17, 15) is 9.59 Å². The van der Waals surface area contributed by atoms with Crippen LogP contribution >= 0.6 is 0 Å². The van der Waals surface area contributed by atoms with Gasteiger partial charge in [-0.05, 0) is 43.2 Å². The summed E-state index contributed by atoms with van der Waals surface area (Å²) in [6.45, 7) is 6.84. The molecule has 0 saturated heterocycles. The smallest absolute Gasteiger partial charge is 0.226 e. The minimum atomic E-state index is -0.164. The van der Waals surface area contributed by atoms with Crippen LogP contribution in [-0.4, -0.2) is 31.6 Å². The summed E-state index contributed by atoms with van der Waals surface area (Å²) in [4.78, 5) is 26.1. The Hall–Kier alpha value is -3.02. The molecule has 2 amide bonds. The SMILES string of the molecule is CC(=O)N(CCC(=O)Nc1ccc2c(c1)OCCO2)c1cccc(C)c1C. The molecule has 6 nitrogen and oxygen atoms in total. The standard InChI is InChI=1S/C21H24N2O4/c1-14-5-4-6-18(15(14)2)23(16(3)24)10-9-21(25)22-17-7-8-19-20(13-17)27-12-11-26-19/h4-8,13H,9-12H2,1-3H3,(H,22,25). The van der Waals surface area contributed by atoms with Gasteiger partial charge in [0.1, 0.15) is 13.2 Å². The fourth-order valence-corrected chi connectivity index (χ4v) is 3.03. The summed E-state index contributed by atoms with van der Waals surface area (Å²) in [6, 6.07) is 11.1. The number of nitrogens with one attached hydrogen (secondary N) is 1. The summed E-state index contributed by atoms with van der Waals surface area (Å²) >= 11 is 0. The zero-order valence-electron chi connectivity index (χ0n) is 15.9. The van der Waals surface area contributed by atoms with Gasteiger partial charge in [0.05, 0.1) is 0 Å². The van der Waals surface area contributed by atoms with Gasteiger partial charge in [-0.3, -0.25) is 9.59 Å². The molecule has 0 spiro atoms. The highest BCUT2D eigenvalue weighted by Crippen LogP contribution is 2.32. The minimum Gasteiger partial charge on any atom is -0.486 e. The number of hydrogen-bond donors (Lipinski definition) is 1. The number of nitrogens with zero attached hydrogens (tertiary/aromatic N) is 1. The Labute approximate surface area is 159 Å². The predicted molar refractivity (Wildman–Crippen MR) is 105 cm³/mol. The summed E-state index contributed by atoms with van der Waals surface area (Å²) in [7, 11) is 0. The van der Waals surface area contributed by atoms with Gasteiger partial charge >= 0.3 is 0 Å². The fraction of sp³-hybridized carbons (Fsp3) is 0.333. The van der Waals surface area contributed by atoms with E-state index in [1.54, 1.807) is 23.1 Å². The molecule has 142 valence electrons. The van der Waals surface area contributed by atoms with Crippen LogP contribution in [0.5, 0.6) is 11.5 Å². The van der Waals surface area contributed by atoms with Crippen molar-refractivity contribution in [2.24, 2.45) is 0 Å². The number of ether oxygens (including phenoxy) is 2. The minimum absolute atomic E-state index is 0.0872. The molecule has 0 atom stereocenters. The molecule has 0 aliphatic carbocycles. The Morgan fingerprint density at radius 1 is 1.07 bits per heavy atom. The zero-order valence-corrected chi connectivity index (χ0v) is 15.9. The second-order valence-electron chi connectivity index (χ2n) is 6.55. The number of rotatable bonds is 5. The van der Waals surface area contributed by atoms with E-state index in [-0.39, 0.29) is 18.2 Å². The van der Waals surface area contributed by atoms with Gasteiger partial charge in [0.15, 0.2) is 11.5 Å². The number of anilines is 2. The fourth-order valence-electron chi connectivity index (χ4n) is 3.03. The Balaban J connectivity index is 1.65. The number of carbonyl (C=O) groups is 2. The van der Waals surface area contributed by atoms with Gasteiger partial charge < -0.3 is 19.7 Å². The average Bonchev–Trinajstić information content (AvgIpc) is 2.65. The van der Waals surface area contributed by atoms with Crippen LogP contribution in [-0.2, 0) is 9.59 Å². The molecule has 1 aliphatic rings. The lowest BCUT2D eigenvalue weighted by atomic mass is 10.1. The highest BCUT2D eigenvalue weighted by Gasteiger charge is 2.17. The number of fused-ring (bicyclic) bond motifs is 1. The Kier molecular flexibility index (Phi) is 5.64. The Morgan fingerprint density at radius 2 is 1.81 bits per heavy atom. The second-order valence-corrected chi connectivity index (χ2v) is 6.55. The van der Waals surface area contributed by atoms with E-state index in [0.29, 0.717) is 36.9 Å². The number of amides is 2. The molecule has 27 heavy (non-hydrogen) atoms. The van der Waals surface area contributed by atoms with Crippen LogP contribution in [0.3, 0.4) is 0 Å². The Bertz CT molecular complexity index is 863. The van der Waals surface area contributed by atoms with Crippen molar-refractivity contribution in [3.8, 4) is 11.5 Å². The zero-order chi connectivity index (χ0) is 19.4. The van der Waals surface area contributed by atoms with Crippen LogP contribution in [0.1, 0.15) is 24.5 Å². The lowest BCUT2D eigenvalue weighted by molar-refractivity contribution is -0.117. The van der Waals surface area contributed by atoms with Crippen LogP contribution in [0.4, 0.5) is 11.4 Å². The van der Waals surface area contributed by atoms with E-state index in [0.717, 1.165) is 16.8 Å². The molecular weight excluding hydrogens is 344 g/mol. The van der Waals surface area contributed by atoms with Crippen molar-refractivity contribution in [2.45, 2.75) is 27.2 Å². The van der Waals surface area contributed by atoms with E-state index in [4.69, 9.17) is 9.47 Å². The topological polar surface area (TPSA) is 67.9 Å². The molecular formula is C21H24N2O4. The molecule has 0 unspecified atom stereocenters. The summed E-state index contributed by atoms with van der Waals surface area (Å²) in [5, 5.41) is 2.85. The molecule has 0 radical (unpaired) electrons. The van der Waals surface area contributed by atoms with Gasteiger partial charge in [0, 0.05) is 37.3 Å². The maximum absolute atomic E-state index is 12.4. The quantitative estimate of drug-likeness (QED) is 0.878. The lowest BCUT2D eigenvalue weighted by Crippen LogP contribution is -2.32. The molecule has 2 aromatic rings. The normalized spacial score (nSPS) is 12.4. The van der Waals surface area contributed by atoms with Crippen molar-refractivity contribution in [3.05, 3.63) is 47.5 Å². The summed E-state index contributed by atoms with van der Waals surface area (Å²) < 4.78 is 11.0. The van der Waals surface area contributed by atoms with Crippen molar-refractivity contribution >= 4 is 23.2 Å². The summed E-state index contributed by atoms with van der Waals surface area (Å²) in [5.41, 5.74) is 3.64. The molecule has 1 aliphatic heterocycles. The van der Waals surface area contributed by atoms with Crippen LogP contribution in [0.15, 0.2) is 36.4 Å². The molecule has 6 heteroatoms. The second kappa shape index (κ2) is 8.12. The molecule has 1 N–H and O–H groups in total. The molecule has 0 saturated carbocycles. The van der Waals surface area contributed by atoms with Crippen molar-refractivity contribution in [2.75, 3.05) is 30.0 Å². The van der Waals surface area contributed by atoms with Crippen LogP contribution in [0, 0.1) is 13.8 Å². The predicted octanol–water partition coefficient (Wildman–Crippen LogP) is 3.46. The molecule has 1 heterocycles. The molecule has 0 fully saturated rings. The van der Waals surface area contributed by atoms with Crippen molar-refractivity contribution < 1.29 is 19.1 Å². The molecule has 0 aromatic heterocycles.